The molecule has 0 aliphatic carbocycles. The third-order valence-corrected chi connectivity index (χ3v) is 3.18. The number of furan rings is 1. The van der Waals surface area contributed by atoms with Crippen LogP contribution in [0.4, 0.5) is 0 Å². The highest BCUT2D eigenvalue weighted by Crippen LogP contribution is 2.24. The van der Waals surface area contributed by atoms with E-state index in [1.54, 1.807) is 12.3 Å². The zero-order valence-electron chi connectivity index (χ0n) is 9.74. The van der Waals surface area contributed by atoms with E-state index in [4.69, 9.17) is 9.68 Å². The van der Waals surface area contributed by atoms with Crippen LogP contribution in [0.5, 0.6) is 0 Å². The van der Waals surface area contributed by atoms with E-state index in [2.05, 4.69) is 22.8 Å². The van der Waals surface area contributed by atoms with E-state index in [1.165, 1.54) is 11.8 Å². The summed E-state index contributed by atoms with van der Waals surface area (Å²) >= 11 is 1.51. The van der Waals surface area contributed by atoms with Gasteiger partial charge in [-0.2, -0.15) is 5.26 Å². The molecule has 6 heteroatoms. The summed E-state index contributed by atoms with van der Waals surface area (Å²) in [7, 11) is 0. The Balaban J connectivity index is 2.26. The van der Waals surface area contributed by atoms with Gasteiger partial charge < -0.3 is 4.42 Å². The van der Waals surface area contributed by atoms with Crippen LogP contribution in [-0.2, 0) is 6.54 Å². The van der Waals surface area contributed by atoms with Crippen LogP contribution in [0, 0.1) is 11.3 Å². The van der Waals surface area contributed by atoms with Crippen molar-refractivity contribution < 1.29 is 4.42 Å². The lowest BCUT2D eigenvalue weighted by Gasteiger charge is -2.04. The van der Waals surface area contributed by atoms with Gasteiger partial charge in [0.05, 0.1) is 12.3 Å². The van der Waals surface area contributed by atoms with Gasteiger partial charge in [-0.15, -0.1) is 16.8 Å². The van der Waals surface area contributed by atoms with Gasteiger partial charge in [-0.1, -0.05) is 17.8 Å². The molecule has 0 aliphatic rings. The fraction of sp³-hybridized carbons (Fsp3) is 0.250. The first-order valence-electron chi connectivity index (χ1n) is 5.44. The van der Waals surface area contributed by atoms with E-state index in [0.29, 0.717) is 30.3 Å². The molecule has 0 N–H and O–H groups in total. The lowest BCUT2D eigenvalue weighted by atomic mass is 10.4. The number of nitriles is 1. The topological polar surface area (TPSA) is 67.6 Å². The van der Waals surface area contributed by atoms with Gasteiger partial charge in [0.2, 0.25) is 5.82 Å². The molecule has 0 radical (unpaired) electrons. The molecule has 0 unspecified atom stereocenters. The molecule has 2 aromatic heterocycles. The molecule has 0 bridgehead atoms. The zero-order valence-corrected chi connectivity index (χ0v) is 10.6. The minimum Gasteiger partial charge on any atom is -0.461 e. The Morgan fingerprint density at radius 3 is 3.11 bits per heavy atom. The molecule has 0 aromatic carbocycles. The molecule has 5 nitrogen and oxygen atoms in total. The maximum atomic E-state index is 8.54. The second-order valence-corrected chi connectivity index (χ2v) is 4.50. The van der Waals surface area contributed by atoms with Crippen LogP contribution >= 0.6 is 11.8 Å². The maximum absolute atomic E-state index is 8.54. The number of rotatable bonds is 6. The third-order valence-electron chi connectivity index (χ3n) is 2.22. The number of aromatic nitrogens is 3. The third kappa shape index (κ3) is 2.63. The number of allylic oxidation sites excluding steroid dienone is 1. The quantitative estimate of drug-likeness (QED) is 0.454. The second-order valence-electron chi connectivity index (χ2n) is 3.44. The molecule has 0 saturated heterocycles. The molecule has 92 valence electrons. The normalized spacial score (nSPS) is 10.2. The lowest BCUT2D eigenvalue weighted by molar-refractivity contribution is 0.569. The molecule has 2 heterocycles. The molecule has 0 spiro atoms. The number of thioether (sulfide) groups is 1. The summed E-state index contributed by atoms with van der Waals surface area (Å²) in [5, 5.41) is 17.6. The summed E-state index contributed by atoms with van der Waals surface area (Å²) in [5.74, 6) is 2.06. The first-order valence-corrected chi connectivity index (χ1v) is 6.43. The molecule has 0 atom stereocenters. The average molecular weight is 260 g/mol. The Morgan fingerprint density at radius 2 is 2.44 bits per heavy atom. The largest absolute Gasteiger partial charge is 0.461 e. The van der Waals surface area contributed by atoms with E-state index >= 15 is 0 Å². The van der Waals surface area contributed by atoms with Gasteiger partial charge >= 0.3 is 0 Å². The molecule has 0 aliphatic heterocycles. The standard InChI is InChI=1S/C12H12N4OS/c1-2-7-16-11(10-5-3-8-17-10)14-15-12(16)18-9-4-6-13/h2-3,5,8H,1,4,7,9H2. The first kappa shape index (κ1) is 12.5. The fourth-order valence-corrected chi connectivity index (χ4v) is 2.26. The van der Waals surface area contributed by atoms with Gasteiger partial charge in [0.15, 0.2) is 10.9 Å². The van der Waals surface area contributed by atoms with E-state index < -0.39 is 0 Å². The summed E-state index contributed by atoms with van der Waals surface area (Å²) in [6, 6.07) is 5.76. The summed E-state index contributed by atoms with van der Waals surface area (Å²) in [4.78, 5) is 0. The average Bonchev–Trinajstić information content (AvgIpc) is 3.00. The van der Waals surface area contributed by atoms with Crippen molar-refractivity contribution in [2.45, 2.75) is 18.1 Å². The highest BCUT2D eigenvalue weighted by atomic mass is 32.2. The summed E-state index contributed by atoms with van der Waals surface area (Å²) < 4.78 is 7.25. The van der Waals surface area contributed by atoms with E-state index in [1.807, 2.05) is 16.7 Å². The van der Waals surface area contributed by atoms with E-state index in [0.717, 1.165) is 5.16 Å². The SMILES string of the molecule is C=CCn1c(SCCC#N)nnc1-c1ccco1. The first-order chi connectivity index (χ1) is 8.86. The predicted molar refractivity (Wildman–Crippen MR) is 68.9 cm³/mol. The highest BCUT2D eigenvalue weighted by molar-refractivity contribution is 7.99. The van der Waals surface area contributed by atoms with Gasteiger partial charge in [0, 0.05) is 18.7 Å². The molecular formula is C12H12N4OS. The van der Waals surface area contributed by atoms with Crippen molar-refractivity contribution in [2.24, 2.45) is 0 Å². The second kappa shape index (κ2) is 6.07. The van der Waals surface area contributed by atoms with Crippen LogP contribution in [0.3, 0.4) is 0 Å². The summed E-state index contributed by atoms with van der Waals surface area (Å²) in [6.45, 7) is 4.34. The molecule has 0 amide bonds. The van der Waals surface area contributed by atoms with E-state index in [-0.39, 0.29) is 0 Å². The smallest absolute Gasteiger partial charge is 0.200 e. The van der Waals surface area contributed by atoms with Gasteiger partial charge in [0.25, 0.3) is 0 Å². The Kier molecular flexibility index (Phi) is 4.20. The fourth-order valence-electron chi connectivity index (χ4n) is 1.47. The Bertz CT molecular complexity index is 553. The number of hydrogen-bond donors (Lipinski definition) is 0. The van der Waals surface area contributed by atoms with Gasteiger partial charge in [-0.3, -0.25) is 4.57 Å². The predicted octanol–water partition coefficient (Wildman–Crippen LogP) is 2.73. The van der Waals surface area contributed by atoms with Gasteiger partial charge in [0.1, 0.15) is 0 Å². The van der Waals surface area contributed by atoms with Gasteiger partial charge in [-0.05, 0) is 12.1 Å². The van der Waals surface area contributed by atoms with Crippen molar-refractivity contribution in [2.75, 3.05) is 5.75 Å². The Labute approximate surface area is 109 Å². The van der Waals surface area contributed by atoms with Gasteiger partial charge in [-0.25, -0.2) is 0 Å². The van der Waals surface area contributed by atoms with Crippen LogP contribution < -0.4 is 0 Å². The van der Waals surface area contributed by atoms with Crippen molar-refractivity contribution >= 4 is 11.8 Å². The number of hydrogen-bond acceptors (Lipinski definition) is 5. The summed E-state index contributed by atoms with van der Waals surface area (Å²) in [5.41, 5.74) is 0. The molecule has 0 saturated carbocycles. The molecule has 2 rings (SSSR count). The van der Waals surface area contributed by atoms with Crippen molar-refractivity contribution in [1.82, 2.24) is 14.8 Å². The van der Waals surface area contributed by atoms with Crippen molar-refractivity contribution in [3.8, 4) is 17.7 Å². The Hall–Kier alpha value is -2.00. The monoisotopic (exact) mass is 260 g/mol. The van der Waals surface area contributed by atoms with Crippen molar-refractivity contribution in [1.29, 1.82) is 5.26 Å². The van der Waals surface area contributed by atoms with Crippen LogP contribution in [0.15, 0.2) is 40.6 Å². The van der Waals surface area contributed by atoms with Crippen molar-refractivity contribution in [3.63, 3.8) is 0 Å². The molecule has 0 fully saturated rings. The molecule has 18 heavy (non-hydrogen) atoms. The minimum absolute atomic E-state index is 0.488. The van der Waals surface area contributed by atoms with Crippen LogP contribution in [0.1, 0.15) is 6.42 Å². The molecular weight excluding hydrogens is 248 g/mol. The number of nitrogens with zero attached hydrogens (tertiary/aromatic N) is 4. The van der Waals surface area contributed by atoms with E-state index in [9.17, 15) is 0 Å². The lowest BCUT2D eigenvalue weighted by Crippen LogP contribution is -2.00. The van der Waals surface area contributed by atoms with Crippen LogP contribution in [0.2, 0.25) is 0 Å². The zero-order chi connectivity index (χ0) is 12.8. The highest BCUT2D eigenvalue weighted by Gasteiger charge is 2.14. The Morgan fingerprint density at radius 1 is 1.56 bits per heavy atom. The molecule has 2 aromatic rings. The maximum Gasteiger partial charge on any atom is 0.200 e. The minimum atomic E-state index is 0.488. The van der Waals surface area contributed by atoms with Crippen molar-refractivity contribution in [3.05, 3.63) is 31.1 Å². The van der Waals surface area contributed by atoms with Crippen LogP contribution in [0.25, 0.3) is 11.6 Å². The summed E-state index contributed by atoms with van der Waals surface area (Å²) in [6.07, 6.45) is 3.87. The van der Waals surface area contributed by atoms with Crippen LogP contribution in [-0.4, -0.2) is 20.5 Å².